The lowest BCUT2D eigenvalue weighted by atomic mass is 10.1. The Bertz CT molecular complexity index is 1120. The highest BCUT2D eigenvalue weighted by molar-refractivity contribution is 6.30. The molecule has 0 fully saturated rings. The Labute approximate surface area is 161 Å². The van der Waals surface area contributed by atoms with E-state index in [9.17, 15) is 22.8 Å². The van der Waals surface area contributed by atoms with E-state index in [1.165, 1.54) is 43.3 Å². The molecule has 0 saturated heterocycles. The third-order valence-corrected chi connectivity index (χ3v) is 4.01. The molecule has 0 bridgehead atoms. The highest BCUT2D eigenvalue weighted by Gasteiger charge is 2.40. The third-order valence-electron chi connectivity index (χ3n) is 3.76. The van der Waals surface area contributed by atoms with Crippen molar-refractivity contribution in [1.29, 1.82) is 0 Å². The van der Waals surface area contributed by atoms with E-state index in [-0.39, 0.29) is 28.0 Å². The Morgan fingerprint density at radius 2 is 1.75 bits per heavy atom. The number of benzene rings is 2. The first-order valence-electron chi connectivity index (χ1n) is 7.87. The van der Waals surface area contributed by atoms with Crippen molar-refractivity contribution >= 4 is 28.5 Å². The molecule has 9 heteroatoms. The van der Waals surface area contributed by atoms with Gasteiger partial charge in [0.05, 0.1) is 5.39 Å². The van der Waals surface area contributed by atoms with Crippen LogP contribution in [0.2, 0.25) is 5.02 Å². The molecule has 5 nitrogen and oxygen atoms in total. The molecule has 28 heavy (non-hydrogen) atoms. The van der Waals surface area contributed by atoms with Crippen molar-refractivity contribution in [2.24, 2.45) is 0 Å². The fraction of sp³-hybridized carbons (Fsp3) is 0.158. The summed E-state index contributed by atoms with van der Waals surface area (Å²) in [6.07, 6.45) is -5.00. The maximum absolute atomic E-state index is 13.5. The van der Waals surface area contributed by atoms with E-state index < -0.39 is 29.1 Å². The number of carbonyl (C=O) groups excluding carboxylic acids is 1. The molecule has 0 spiro atoms. The van der Waals surface area contributed by atoms with E-state index in [2.05, 4.69) is 0 Å². The topological polar surface area (TPSA) is 65.7 Å². The quantitative estimate of drug-likeness (QED) is 0.420. The van der Waals surface area contributed by atoms with E-state index in [1.807, 2.05) is 0 Å². The van der Waals surface area contributed by atoms with Crippen LogP contribution in [0.3, 0.4) is 0 Å². The average molecular weight is 413 g/mol. The summed E-state index contributed by atoms with van der Waals surface area (Å²) >= 11 is 5.74. The fourth-order valence-electron chi connectivity index (χ4n) is 2.52. The molecule has 146 valence electrons. The predicted molar refractivity (Wildman–Crippen MR) is 95.1 cm³/mol. The summed E-state index contributed by atoms with van der Waals surface area (Å²) in [6, 6.07) is 7.96. The number of alkyl halides is 3. The zero-order chi connectivity index (χ0) is 20.6. The first kappa shape index (κ1) is 19.8. The molecule has 3 aromatic rings. The number of rotatable bonds is 3. The van der Waals surface area contributed by atoms with Gasteiger partial charge < -0.3 is 13.9 Å². The van der Waals surface area contributed by atoms with Gasteiger partial charge in [-0.1, -0.05) is 11.6 Å². The second-order valence-electron chi connectivity index (χ2n) is 5.80. The van der Waals surface area contributed by atoms with Crippen LogP contribution in [0.4, 0.5) is 13.2 Å². The van der Waals surface area contributed by atoms with Crippen LogP contribution in [0.15, 0.2) is 45.6 Å². The van der Waals surface area contributed by atoms with Crippen molar-refractivity contribution in [3.63, 3.8) is 0 Å². The first-order valence-corrected chi connectivity index (χ1v) is 8.25. The molecule has 3 rings (SSSR count). The largest absolute Gasteiger partial charge is 0.453 e. The number of esters is 1. The van der Waals surface area contributed by atoms with Crippen LogP contribution < -0.4 is 14.9 Å². The van der Waals surface area contributed by atoms with Gasteiger partial charge in [0, 0.05) is 17.5 Å². The molecule has 1 aromatic heterocycles. The summed E-state index contributed by atoms with van der Waals surface area (Å²) in [5, 5.41) is 0.202. The molecule has 0 amide bonds. The van der Waals surface area contributed by atoms with Crippen molar-refractivity contribution in [3.05, 3.63) is 63.0 Å². The number of carbonyl (C=O) groups is 1. The van der Waals surface area contributed by atoms with Gasteiger partial charge in [-0.15, -0.1) is 0 Å². The molecule has 0 aliphatic rings. The van der Waals surface area contributed by atoms with E-state index in [4.69, 9.17) is 25.5 Å². The van der Waals surface area contributed by atoms with Gasteiger partial charge in [-0.25, -0.2) is 0 Å². The van der Waals surface area contributed by atoms with Gasteiger partial charge in [-0.3, -0.25) is 9.59 Å². The Morgan fingerprint density at radius 1 is 1.11 bits per heavy atom. The van der Waals surface area contributed by atoms with E-state index >= 15 is 0 Å². The Morgan fingerprint density at radius 3 is 2.32 bits per heavy atom. The standard InChI is InChI=1S/C19H12ClF3O5/c1-9-14(26-10(2)24)8-7-13-15(25)17(18(19(21,22)23)28-16(9)13)27-12-5-3-11(20)4-6-12/h3-8H,1-2H3. The summed E-state index contributed by atoms with van der Waals surface area (Å²) < 4.78 is 55.8. The lowest BCUT2D eigenvalue weighted by Gasteiger charge is -2.15. The number of fused-ring (bicyclic) bond motifs is 1. The highest BCUT2D eigenvalue weighted by Crippen LogP contribution is 2.39. The second kappa shape index (κ2) is 7.20. The average Bonchev–Trinajstić information content (AvgIpc) is 2.60. The molecule has 0 radical (unpaired) electrons. The van der Waals surface area contributed by atoms with Crippen LogP contribution in [-0.4, -0.2) is 5.97 Å². The van der Waals surface area contributed by atoms with Gasteiger partial charge >= 0.3 is 12.1 Å². The smallest absolute Gasteiger partial charge is 0.449 e. The van der Waals surface area contributed by atoms with Gasteiger partial charge in [-0.05, 0) is 43.3 Å². The van der Waals surface area contributed by atoms with Crippen molar-refractivity contribution < 1.29 is 31.9 Å². The van der Waals surface area contributed by atoms with Crippen LogP contribution in [0, 0.1) is 6.92 Å². The molecule has 0 unspecified atom stereocenters. The number of aryl methyl sites for hydroxylation is 1. The minimum Gasteiger partial charge on any atom is -0.449 e. The highest BCUT2D eigenvalue weighted by atomic mass is 35.5. The van der Waals surface area contributed by atoms with Crippen molar-refractivity contribution in [1.82, 2.24) is 0 Å². The summed E-state index contributed by atoms with van der Waals surface area (Å²) in [5.41, 5.74) is -1.28. The van der Waals surface area contributed by atoms with Gasteiger partial charge in [-0.2, -0.15) is 13.2 Å². The summed E-state index contributed by atoms with van der Waals surface area (Å²) in [6.45, 7) is 2.52. The SMILES string of the molecule is CC(=O)Oc1ccc2c(=O)c(Oc3ccc(Cl)cc3)c(C(F)(F)F)oc2c1C. The number of hydrogen-bond acceptors (Lipinski definition) is 5. The number of hydrogen-bond donors (Lipinski definition) is 0. The lowest BCUT2D eigenvalue weighted by Crippen LogP contribution is -2.16. The van der Waals surface area contributed by atoms with E-state index in [1.54, 1.807) is 0 Å². The summed E-state index contributed by atoms with van der Waals surface area (Å²) in [7, 11) is 0. The predicted octanol–water partition coefficient (Wildman–Crippen LogP) is 5.49. The van der Waals surface area contributed by atoms with E-state index in [0.29, 0.717) is 5.02 Å². The van der Waals surface area contributed by atoms with Gasteiger partial charge in [0.2, 0.25) is 11.2 Å². The third kappa shape index (κ3) is 3.82. The number of halogens is 4. The van der Waals surface area contributed by atoms with Crippen LogP contribution in [-0.2, 0) is 11.0 Å². The molecular formula is C19H12ClF3O5. The van der Waals surface area contributed by atoms with Gasteiger partial charge in [0.15, 0.2) is 0 Å². The maximum Gasteiger partial charge on any atom is 0.453 e. The maximum atomic E-state index is 13.5. The van der Waals surface area contributed by atoms with Crippen LogP contribution in [0.25, 0.3) is 11.0 Å². The lowest BCUT2D eigenvalue weighted by molar-refractivity contribution is -0.154. The van der Waals surface area contributed by atoms with Crippen LogP contribution in [0.5, 0.6) is 17.2 Å². The second-order valence-corrected chi connectivity index (χ2v) is 6.24. The van der Waals surface area contributed by atoms with Crippen molar-refractivity contribution in [2.45, 2.75) is 20.0 Å². The van der Waals surface area contributed by atoms with Crippen molar-refractivity contribution in [2.75, 3.05) is 0 Å². The molecule has 0 N–H and O–H groups in total. The molecule has 1 heterocycles. The Balaban J connectivity index is 2.25. The Kier molecular flexibility index (Phi) is 5.08. The van der Waals surface area contributed by atoms with Crippen LogP contribution >= 0.6 is 11.6 Å². The molecule has 0 aliphatic heterocycles. The Hall–Kier alpha value is -3.00. The fourth-order valence-corrected chi connectivity index (χ4v) is 2.65. The molecule has 0 aliphatic carbocycles. The summed E-state index contributed by atoms with van der Waals surface area (Å²) in [5.74, 6) is -3.29. The normalized spacial score (nSPS) is 11.5. The molecule has 0 saturated carbocycles. The first-order chi connectivity index (χ1) is 13.1. The summed E-state index contributed by atoms with van der Waals surface area (Å²) in [4.78, 5) is 23.9. The number of ether oxygens (including phenoxy) is 2. The zero-order valence-corrected chi connectivity index (χ0v) is 15.3. The van der Waals surface area contributed by atoms with Gasteiger partial charge in [0.25, 0.3) is 5.76 Å². The minimum absolute atomic E-state index is 0.0114. The minimum atomic E-state index is -5.00. The van der Waals surface area contributed by atoms with Gasteiger partial charge in [0.1, 0.15) is 17.1 Å². The van der Waals surface area contributed by atoms with E-state index in [0.717, 1.165) is 6.92 Å². The zero-order valence-electron chi connectivity index (χ0n) is 14.5. The molecule has 0 atom stereocenters. The van der Waals surface area contributed by atoms with Crippen molar-refractivity contribution in [3.8, 4) is 17.2 Å². The molecular weight excluding hydrogens is 401 g/mol. The monoisotopic (exact) mass is 412 g/mol. The molecule has 2 aromatic carbocycles. The van der Waals surface area contributed by atoms with Crippen LogP contribution in [0.1, 0.15) is 18.2 Å².